The summed E-state index contributed by atoms with van der Waals surface area (Å²) in [5.41, 5.74) is 5.41. The van der Waals surface area contributed by atoms with E-state index in [-0.39, 0.29) is 24.1 Å². The fourth-order valence-electron chi connectivity index (χ4n) is 5.68. The highest BCUT2D eigenvalue weighted by Crippen LogP contribution is 2.28. The Labute approximate surface area is 297 Å². The second-order valence-electron chi connectivity index (χ2n) is 12.7. The van der Waals surface area contributed by atoms with Gasteiger partial charge in [-0.15, -0.1) is 0 Å². The van der Waals surface area contributed by atoms with Crippen LogP contribution in [0.3, 0.4) is 0 Å². The molecule has 0 saturated carbocycles. The van der Waals surface area contributed by atoms with Crippen LogP contribution in [0.15, 0.2) is 85.2 Å². The molecule has 0 N–H and O–H groups in total. The van der Waals surface area contributed by atoms with E-state index < -0.39 is 0 Å². The van der Waals surface area contributed by atoms with Gasteiger partial charge in [-0.3, -0.25) is 4.79 Å². The van der Waals surface area contributed by atoms with Gasteiger partial charge in [0, 0.05) is 70.2 Å². The van der Waals surface area contributed by atoms with Crippen molar-refractivity contribution < 1.29 is 23.8 Å². The molecule has 2 aliphatic rings. The van der Waals surface area contributed by atoms with E-state index in [2.05, 4.69) is 33.6 Å². The number of carbonyl (C=O) groups excluding carboxylic acids is 2. The van der Waals surface area contributed by atoms with Crippen LogP contribution in [0.2, 0.25) is 0 Å². The van der Waals surface area contributed by atoms with Crippen LogP contribution in [-0.2, 0) is 4.74 Å². The number of pyridine rings is 2. The Balaban J connectivity index is 0.000000209. The van der Waals surface area contributed by atoms with Crippen molar-refractivity contribution in [1.82, 2.24) is 14.9 Å². The molecule has 0 spiro atoms. The second-order valence-corrected chi connectivity index (χ2v) is 12.7. The minimum absolute atomic E-state index is 0.0233. The second kappa shape index (κ2) is 18.6. The fraction of sp³-hybridized carbons (Fsp3) is 0.400. The summed E-state index contributed by atoms with van der Waals surface area (Å²) in [5.74, 6) is 1.01. The first-order valence-electron chi connectivity index (χ1n) is 17.3. The molecule has 2 fully saturated rings. The molecule has 4 heterocycles. The Morgan fingerprint density at radius 3 is 1.58 bits per heavy atom. The average molecular weight is 682 g/mol. The van der Waals surface area contributed by atoms with Gasteiger partial charge in [0.15, 0.2) is 0 Å². The molecule has 2 aromatic heterocycles. The first-order valence-corrected chi connectivity index (χ1v) is 17.3. The number of anilines is 2. The molecule has 2 aliphatic heterocycles. The molecule has 2 atom stereocenters. The van der Waals surface area contributed by atoms with Gasteiger partial charge in [-0.05, 0) is 49.2 Å². The number of rotatable bonds is 8. The van der Waals surface area contributed by atoms with Gasteiger partial charge in [-0.25, -0.2) is 14.8 Å². The van der Waals surface area contributed by atoms with E-state index in [0.717, 1.165) is 67.1 Å². The molecule has 4 aromatic rings. The number of hydrogen-bond donors (Lipinski definition) is 0. The molecule has 50 heavy (non-hydrogen) atoms. The van der Waals surface area contributed by atoms with E-state index in [1.165, 1.54) is 13.5 Å². The van der Waals surface area contributed by atoms with Crippen LogP contribution in [0.4, 0.5) is 11.4 Å². The number of amides is 1. The largest absolute Gasteiger partial charge is 0.472 e. The molecule has 2 aromatic carbocycles. The number of para-hydroxylation sites is 2. The number of carbonyl (C=O) groups is 2. The van der Waals surface area contributed by atoms with Crippen molar-refractivity contribution in [1.29, 1.82) is 0 Å². The number of esters is 1. The van der Waals surface area contributed by atoms with Crippen LogP contribution in [0.5, 0.6) is 11.8 Å². The number of benzene rings is 2. The van der Waals surface area contributed by atoms with E-state index in [0.29, 0.717) is 17.3 Å². The topological polar surface area (TPSA) is 97.3 Å². The summed E-state index contributed by atoms with van der Waals surface area (Å²) in [6, 6.07) is 23.0. The van der Waals surface area contributed by atoms with Crippen molar-refractivity contribution in [2.24, 2.45) is 0 Å². The number of aryl methyl sites for hydroxylation is 2. The zero-order chi connectivity index (χ0) is 36.0. The normalized spacial score (nSPS) is 16.4. The highest BCUT2D eigenvalue weighted by Gasteiger charge is 2.28. The van der Waals surface area contributed by atoms with E-state index in [1.807, 2.05) is 86.8 Å². The SMILES string of the molecule is CCC.COC(=O)c1ccccc1N1CC[C@@H](Oc2ccc(C)cn2)C1.Cc1ccc(O[C@@H]2CCN(c3ccccc3C(=O)N(C)C)C2)nc1. The lowest BCUT2D eigenvalue weighted by atomic mass is 10.1. The molecule has 6 rings (SSSR count). The lowest BCUT2D eigenvalue weighted by molar-refractivity contribution is 0.0601. The monoisotopic (exact) mass is 681 g/mol. The molecular formula is C40H51N5O5. The zero-order valence-corrected chi connectivity index (χ0v) is 30.5. The maximum absolute atomic E-state index is 12.4. The smallest absolute Gasteiger partial charge is 0.339 e. The van der Waals surface area contributed by atoms with Crippen LogP contribution in [-0.4, -0.2) is 86.3 Å². The summed E-state index contributed by atoms with van der Waals surface area (Å²) >= 11 is 0. The van der Waals surface area contributed by atoms with Crippen molar-refractivity contribution in [2.75, 3.05) is 57.2 Å². The van der Waals surface area contributed by atoms with Gasteiger partial charge in [0.1, 0.15) is 12.2 Å². The fourth-order valence-corrected chi connectivity index (χ4v) is 5.68. The van der Waals surface area contributed by atoms with Gasteiger partial charge >= 0.3 is 5.97 Å². The molecule has 1 amide bonds. The minimum Gasteiger partial charge on any atom is -0.472 e. The number of ether oxygens (including phenoxy) is 3. The van der Waals surface area contributed by atoms with Gasteiger partial charge in [0.05, 0.1) is 37.0 Å². The Bertz CT molecular complexity index is 1660. The van der Waals surface area contributed by atoms with Crippen molar-refractivity contribution in [2.45, 2.75) is 59.2 Å². The van der Waals surface area contributed by atoms with Crippen molar-refractivity contribution in [3.05, 3.63) is 107 Å². The highest BCUT2D eigenvalue weighted by atomic mass is 16.5. The molecule has 2 saturated heterocycles. The van der Waals surface area contributed by atoms with Gasteiger partial charge in [-0.1, -0.05) is 56.7 Å². The third-order valence-electron chi connectivity index (χ3n) is 8.16. The van der Waals surface area contributed by atoms with Gasteiger partial charge < -0.3 is 28.9 Å². The third kappa shape index (κ3) is 10.4. The van der Waals surface area contributed by atoms with Crippen molar-refractivity contribution in [3.63, 3.8) is 0 Å². The van der Waals surface area contributed by atoms with E-state index in [9.17, 15) is 9.59 Å². The molecule has 0 bridgehead atoms. The summed E-state index contributed by atoms with van der Waals surface area (Å²) in [4.78, 5) is 38.9. The minimum atomic E-state index is -0.315. The van der Waals surface area contributed by atoms with Crippen LogP contribution >= 0.6 is 0 Å². The van der Waals surface area contributed by atoms with E-state index in [4.69, 9.17) is 14.2 Å². The maximum Gasteiger partial charge on any atom is 0.339 e. The quantitative estimate of drug-likeness (QED) is 0.182. The predicted molar refractivity (Wildman–Crippen MR) is 199 cm³/mol. The summed E-state index contributed by atoms with van der Waals surface area (Å²) < 4.78 is 16.8. The van der Waals surface area contributed by atoms with E-state index in [1.54, 1.807) is 31.3 Å². The number of aromatic nitrogens is 2. The zero-order valence-electron chi connectivity index (χ0n) is 30.5. The first kappa shape index (κ1) is 37.7. The Morgan fingerprint density at radius 1 is 0.720 bits per heavy atom. The van der Waals surface area contributed by atoms with Gasteiger partial charge in [-0.2, -0.15) is 0 Å². The van der Waals surface area contributed by atoms with Crippen molar-refractivity contribution >= 4 is 23.3 Å². The lowest BCUT2D eigenvalue weighted by Crippen LogP contribution is -2.28. The van der Waals surface area contributed by atoms with E-state index >= 15 is 0 Å². The van der Waals surface area contributed by atoms with Crippen LogP contribution < -0.4 is 19.3 Å². The van der Waals surface area contributed by atoms with Gasteiger partial charge in [0.25, 0.3) is 5.91 Å². The number of hydrogen-bond acceptors (Lipinski definition) is 9. The van der Waals surface area contributed by atoms with Crippen LogP contribution in [0.25, 0.3) is 0 Å². The van der Waals surface area contributed by atoms with Crippen LogP contribution in [0.1, 0.15) is 65.0 Å². The Morgan fingerprint density at radius 2 is 1.16 bits per heavy atom. The summed E-state index contributed by atoms with van der Waals surface area (Å²) in [6.45, 7) is 11.4. The molecule has 0 radical (unpaired) electrons. The number of methoxy groups -OCH3 is 1. The molecule has 266 valence electrons. The predicted octanol–water partition coefficient (Wildman–Crippen LogP) is 7.00. The number of nitrogens with zero attached hydrogens (tertiary/aromatic N) is 5. The summed E-state index contributed by atoms with van der Waals surface area (Å²) in [5, 5.41) is 0. The Kier molecular flexibility index (Phi) is 14.0. The third-order valence-corrected chi connectivity index (χ3v) is 8.16. The molecular weight excluding hydrogens is 630 g/mol. The molecule has 0 aliphatic carbocycles. The van der Waals surface area contributed by atoms with Gasteiger partial charge in [0.2, 0.25) is 11.8 Å². The lowest BCUT2D eigenvalue weighted by Gasteiger charge is -2.23. The van der Waals surface area contributed by atoms with Crippen molar-refractivity contribution in [3.8, 4) is 11.8 Å². The first-order chi connectivity index (χ1) is 24.1. The molecule has 10 heteroatoms. The summed E-state index contributed by atoms with van der Waals surface area (Å²) in [6.07, 6.45) is 6.82. The Hall–Kier alpha value is -5.12. The average Bonchev–Trinajstić information content (AvgIpc) is 3.80. The molecule has 0 unspecified atom stereocenters. The maximum atomic E-state index is 12.4. The standard InChI is InChI=1S/C19H23N3O2.C18H20N2O3.C3H8/c1-14-8-9-18(20-12-14)24-15-10-11-22(13-15)17-7-5-4-6-16(17)19(23)21(2)3;1-13-7-8-17(19-11-13)23-14-9-10-20(12-14)16-6-4-3-5-15(16)18(21)22-2;1-3-2/h4-9,12,15H,10-11,13H2,1-3H3;3-8,11,14H,9-10,12H2,1-2H3;3H2,1-2H3/t15-;14-;/m11./s1. The summed E-state index contributed by atoms with van der Waals surface area (Å²) in [7, 11) is 4.95. The molecule has 10 nitrogen and oxygen atoms in total. The highest BCUT2D eigenvalue weighted by molar-refractivity contribution is 5.99. The van der Waals surface area contributed by atoms with Crippen LogP contribution in [0, 0.1) is 13.8 Å².